The minimum Gasteiger partial charge on any atom is -0.367 e. The Labute approximate surface area is 224 Å². The summed E-state index contributed by atoms with van der Waals surface area (Å²) in [5, 5.41) is 9.44. The van der Waals surface area contributed by atoms with Crippen molar-refractivity contribution >= 4 is 23.4 Å². The van der Waals surface area contributed by atoms with E-state index in [1.54, 1.807) is 25.7 Å². The van der Waals surface area contributed by atoms with Gasteiger partial charge in [-0.3, -0.25) is 4.79 Å². The number of methoxy groups -OCH3 is 1. The number of aromatic nitrogens is 3. The third kappa shape index (κ3) is 3.75. The highest BCUT2D eigenvalue weighted by molar-refractivity contribution is 5.87. The summed E-state index contributed by atoms with van der Waals surface area (Å²) in [6.07, 6.45) is 7.41. The van der Waals surface area contributed by atoms with Crippen LogP contribution in [0.3, 0.4) is 0 Å². The van der Waals surface area contributed by atoms with E-state index in [1.165, 1.54) is 12.0 Å². The van der Waals surface area contributed by atoms with E-state index in [2.05, 4.69) is 39.6 Å². The van der Waals surface area contributed by atoms with Crippen LogP contribution in [0.15, 0.2) is 24.7 Å². The number of nitriles is 1. The lowest BCUT2D eigenvalue weighted by molar-refractivity contribution is -0.156. The fourth-order valence-corrected chi connectivity index (χ4v) is 6.92. The Balaban J connectivity index is 1.32. The molecule has 10 nitrogen and oxygen atoms in total. The molecule has 0 N–H and O–H groups in total. The van der Waals surface area contributed by atoms with Gasteiger partial charge in [0.15, 0.2) is 5.60 Å². The first-order chi connectivity index (χ1) is 18.3. The number of hydrogen-bond donors (Lipinski definition) is 0. The van der Waals surface area contributed by atoms with Crippen LogP contribution in [-0.2, 0) is 14.9 Å². The molecular formula is C28H36N8O2. The number of rotatable bonds is 4. The van der Waals surface area contributed by atoms with Crippen molar-refractivity contribution in [3.63, 3.8) is 0 Å². The maximum absolute atomic E-state index is 13.8. The molecule has 1 saturated carbocycles. The molecule has 1 aliphatic carbocycles. The number of carbonyl (C=O) groups is 1. The van der Waals surface area contributed by atoms with E-state index in [9.17, 15) is 10.1 Å². The monoisotopic (exact) mass is 516 g/mol. The molecule has 200 valence electrons. The van der Waals surface area contributed by atoms with Crippen molar-refractivity contribution in [2.45, 2.75) is 62.6 Å². The lowest BCUT2D eigenvalue weighted by Crippen LogP contribution is -2.63. The molecule has 3 fully saturated rings. The van der Waals surface area contributed by atoms with Crippen LogP contribution < -0.4 is 9.80 Å². The molecule has 1 amide bonds. The van der Waals surface area contributed by atoms with E-state index in [0.29, 0.717) is 25.2 Å². The number of hydrogen-bond acceptors (Lipinski definition) is 9. The van der Waals surface area contributed by atoms with Crippen LogP contribution in [0.1, 0.15) is 50.7 Å². The van der Waals surface area contributed by atoms with Gasteiger partial charge in [-0.1, -0.05) is 6.42 Å². The van der Waals surface area contributed by atoms with Gasteiger partial charge in [-0.05, 0) is 52.3 Å². The average molecular weight is 517 g/mol. The molecule has 0 aromatic carbocycles. The van der Waals surface area contributed by atoms with Gasteiger partial charge in [-0.25, -0.2) is 15.0 Å². The molecule has 4 aliphatic rings. The number of anilines is 3. The Kier molecular flexibility index (Phi) is 6.04. The maximum Gasteiger partial charge on any atom is 0.256 e. The van der Waals surface area contributed by atoms with Gasteiger partial charge < -0.3 is 24.3 Å². The maximum atomic E-state index is 13.8. The number of fused-ring (bicyclic) bond motifs is 2. The molecule has 38 heavy (non-hydrogen) atoms. The van der Waals surface area contributed by atoms with Crippen molar-refractivity contribution in [3.8, 4) is 6.07 Å². The lowest BCUT2D eigenvalue weighted by Gasteiger charge is -2.48. The summed E-state index contributed by atoms with van der Waals surface area (Å²) in [6, 6.07) is 5.91. The van der Waals surface area contributed by atoms with Crippen molar-refractivity contribution in [1.82, 2.24) is 24.8 Å². The Morgan fingerprint density at radius 3 is 2.55 bits per heavy atom. The zero-order valence-corrected chi connectivity index (χ0v) is 22.7. The lowest BCUT2D eigenvalue weighted by atomic mass is 9.66. The number of nitrogens with zero attached hydrogens (tertiary/aromatic N) is 8. The molecule has 10 heteroatoms. The van der Waals surface area contributed by atoms with Crippen molar-refractivity contribution in [2.24, 2.45) is 0 Å². The number of ether oxygens (including phenoxy) is 1. The van der Waals surface area contributed by atoms with E-state index in [0.717, 1.165) is 49.8 Å². The summed E-state index contributed by atoms with van der Waals surface area (Å²) in [5.41, 5.74) is 1.01. The molecule has 2 saturated heterocycles. The van der Waals surface area contributed by atoms with Crippen molar-refractivity contribution in [2.75, 3.05) is 56.7 Å². The normalized spacial score (nSPS) is 28.3. The molecule has 0 radical (unpaired) electrons. The summed E-state index contributed by atoms with van der Waals surface area (Å²) >= 11 is 0. The number of likely N-dealkylation sites (tertiary alicyclic amines) is 1. The molecule has 0 unspecified atom stereocenters. The third-order valence-corrected chi connectivity index (χ3v) is 9.24. The summed E-state index contributed by atoms with van der Waals surface area (Å²) in [6.45, 7) is 7.91. The van der Waals surface area contributed by atoms with E-state index < -0.39 is 5.60 Å². The first-order valence-corrected chi connectivity index (χ1v) is 13.6. The van der Waals surface area contributed by atoms with E-state index in [-0.39, 0.29) is 23.4 Å². The quantitative estimate of drug-likeness (QED) is 0.606. The number of pyridine rings is 1. The van der Waals surface area contributed by atoms with Crippen LogP contribution in [0.5, 0.6) is 0 Å². The van der Waals surface area contributed by atoms with Crippen LogP contribution in [0.25, 0.3) is 0 Å². The van der Waals surface area contributed by atoms with Crippen LogP contribution in [0, 0.1) is 11.3 Å². The first kappa shape index (κ1) is 25.0. The highest BCUT2D eigenvalue weighted by atomic mass is 16.5. The summed E-state index contributed by atoms with van der Waals surface area (Å²) in [5.74, 6) is 2.72. The Morgan fingerprint density at radius 2 is 1.89 bits per heavy atom. The minimum atomic E-state index is -0.761. The van der Waals surface area contributed by atoms with Crippen molar-refractivity contribution in [3.05, 3.63) is 35.8 Å². The second kappa shape index (κ2) is 9.17. The van der Waals surface area contributed by atoms with Crippen LogP contribution >= 0.6 is 0 Å². The molecule has 3 aliphatic heterocycles. The summed E-state index contributed by atoms with van der Waals surface area (Å²) in [4.78, 5) is 36.7. The van der Waals surface area contributed by atoms with Gasteiger partial charge in [0.25, 0.3) is 5.91 Å². The van der Waals surface area contributed by atoms with Crippen LogP contribution in [0.4, 0.5) is 17.5 Å². The predicted molar refractivity (Wildman–Crippen MR) is 143 cm³/mol. The second-order valence-corrected chi connectivity index (χ2v) is 11.6. The number of likely N-dealkylation sites (N-methyl/N-ethyl adjacent to an activating group) is 1. The average Bonchev–Trinajstić information content (AvgIpc) is 3.48. The van der Waals surface area contributed by atoms with Gasteiger partial charge in [0.05, 0.1) is 11.6 Å². The zero-order valence-electron chi connectivity index (χ0n) is 22.7. The number of amides is 1. The van der Waals surface area contributed by atoms with Gasteiger partial charge in [0, 0.05) is 69.1 Å². The molecular weight excluding hydrogens is 480 g/mol. The molecule has 2 aromatic rings. The van der Waals surface area contributed by atoms with Gasteiger partial charge in [0.2, 0.25) is 0 Å². The first-order valence-electron chi connectivity index (χ1n) is 13.6. The van der Waals surface area contributed by atoms with E-state index in [1.807, 2.05) is 18.0 Å². The van der Waals surface area contributed by atoms with Gasteiger partial charge in [-0.15, -0.1) is 0 Å². The third-order valence-electron chi connectivity index (χ3n) is 9.24. The molecule has 1 spiro atoms. The number of carbonyl (C=O) groups excluding carboxylic acids is 1. The molecule has 2 aromatic heterocycles. The summed E-state index contributed by atoms with van der Waals surface area (Å²) < 4.78 is 5.86. The van der Waals surface area contributed by atoms with E-state index >= 15 is 0 Å². The topological polar surface area (TPSA) is 102 Å². The zero-order chi connectivity index (χ0) is 26.7. The van der Waals surface area contributed by atoms with E-state index in [4.69, 9.17) is 14.7 Å². The Hall–Kier alpha value is -3.29. The van der Waals surface area contributed by atoms with Gasteiger partial charge in [0.1, 0.15) is 23.8 Å². The fourth-order valence-electron chi connectivity index (χ4n) is 6.92. The van der Waals surface area contributed by atoms with Crippen molar-refractivity contribution < 1.29 is 9.53 Å². The van der Waals surface area contributed by atoms with Crippen LogP contribution in [0.2, 0.25) is 0 Å². The van der Waals surface area contributed by atoms with Crippen molar-refractivity contribution in [1.29, 1.82) is 5.26 Å². The van der Waals surface area contributed by atoms with Crippen LogP contribution in [-0.4, -0.2) is 95.2 Å². The Bertz CT molecular complexity index is 1290. The minimum absolute atomic E-state index is 0.0132. The fraction of sp³-hybridized carbons (Fsp3) is 0.607. The molecule has 0 bridgehead atoms. The van der Waals surface area contributed by atoms with Gasteiger partial charge in [-0.2, -0.15) is 5.26 Å². The highest BCUT2D eigenvalue weighted by Gasteiger charge is 2.53. The predicted octanol–water partition coefficient (Wildman–Crippen LogP) is 2.46. The molecule has 6 rings (SSSR count). The number of piperazine rings is 1. The second-order valence-electron chi connectivity index (χ2n) is 11.6. The largest absolute Gasteiger partial charge is 0.367 e. The SMILES string of the molecule is CO[C@]1(C(=O)N2C[C@H](C)N(c3ncnc4c3C3(CCC3)CN4c3cc(C#N)ccn3)C[C@H]2C)CCN(C)C1. The smallest absolute Gasteiger partial charge is 0.256 e. The Morgan fingerprint density at radius 1 is 1.11 bits per heavy atom. The molecule has 3 atom stereocenters. The summed E-state index contributed by atoms with van der Waals surface area (Å²) in [7, 11) is 3.70. The highest BCUT2D eigenvalue weighted by Crippen LogP contribution is 2.56. The molecule has 5 heterocycles. The standard InChI is InChI=1S/C28H36N8O2/c1-19-15-35(26(37)28(38-4)9-11-33(3)17-28)20(2)14-34(19)24-23-25(32-18-31-24)36(16-27(23)7-5-8-27)22-12-21(13-29)6-10-30-22/h6,10,12,18-20H,5,7-9,11,14-17H2,1-4H3/t19-,20+,28+/m0/s1. The van der Waals surface area contributed by atoms with Gasteiger partial charge >= 0.3 is 0 Å².